The predicted octanol–water partition coefficient (Wildman–Crippen LogP) is 2.70. The molecule has 2 N–H and O–H groups in total. The van der Waals surface area contributed by atoms with Crippen LogP contribution in [0.2, 0.25) is 0 Å². The Morgan fingerprint density at radius 2 is 2.00 bits per heavy atom. The summed E-state index contributed by atoms with van der Waals surface area (Å²) < 4.78 is 32.0. The van der Waals surface area contributed by atoms with Gasteiger partial charge in [0.05, 0.1) is 24.2 Å². The van der Waals surface area contributed by atoms with Crippen molar-refractivity contribution < 1.29 is 23.7 Å². The number of hydrogen-bond acceptors (Lipinski definition) is 5. The number of allylic oxidation sites excluding steroid dienone is 1. The number of aromatic amines is 1. The fourth-order valence-electron chi connectivity index (χ4n) is 4.43. The molecule has 29 heavy (non-hydrogen) atoms. The van der Waals surface area contributed by atoms with E-state index >= 15 is 0 Å². The Morgan fingerprint density at radius 3 is 2.90 bits per heavy atom. The van der Waals surface area contributed by atoms with E-state index in [9.17, 15) is 9.50 Å². The summed E-state index contributed by atoms with van der Waals surface area (Å²) >= 11 is 0. The third kappa shape index (κ3) is 2.77. The van der Waals surface area contributed by atoms with E-state index < -0.39 is 6.10 Å². The molecule has 4 heterocycles. The number of nitrogens with zero attached hydrogens (tertiary/aromatic N) is 1. The molecule has 3 aliphatic rings. The highest BCUT2D eigenvalue weighted by Gasteiger charge is 2.48. The molecule has 2 aliphatic heterocycles. The van der Waals surface area contributed by atoms with Crippen LogP contribution in [0, 0.1) is 5.82 Å². The standard InChI is InChI=1S/C22H19FN2O4/c23-14-7-15-16(25-20(14)13-5-11-3-1-2-4-12(11)6-13)8-19(24-15)29-18-10-28-21-17(26)9-27-22(18)21/h1-5,7-8,17-18,21-22,24,26H,6,9-10H2/t17-,18-,21-,22-/m1/s1. The van der Waals surface area contributed by atoms with Gasteiger partial charge < -0.3 is 24.3 Å². The Balaban J connectivity index is 1.28. The van der Waals surface area contributed by atoms with Crippen molar-refractivity contribution in [1.29, 1.82) is 0 Å². The number of aromatic nitrogens is 2. The van der Waals surface area contributed by atoms with E-state index in [1.54, 1.807) is 6.07 Å². The molecule has 6 nitrogen and oxygen atoms in total. The number of ether oxygens (including phenoxy) is 3. The second kappa shape index (κ2) is 6.38. The van der Waals surface area contributed by atoms with Gasteiger partial charge in [-0.15, -0.1) is 0 Å². The minimum atomic E-state index is -0.626. The van der Waals surface area contributed by atoms with E-state index in [2.05, 4.69) is 16.0 Å². The van der Waals surface area contributed by atoms with Gasteiger partial charge in [0.2, 0.25) is 0 Å². The van der Waals surface area contributed by atoms with Crippen LogP contribution in [0.25, 0.3) is 22.7 Å². The average molecular weight is 394 g/mol. The average Bonchev–Trinajstić information content (AvgIpc) is 3.46. The van der Waals surface area contributed by atoms with Crippen LogP contribution in [-0.2, 0) is 15.9 Å². The van der Waals surface area contributed by atoms with Gasteiger partial charge >= 0.3 is 0 Å². The van der Waals surface area contributed by atoms with Crippen molar-refractivity contribution in [2.24, 2.45) is 0 Å². The van der Waals surface area contributed by atoms with Crippen LogP contribution in [0.4, 0.5) is 4.39 Å². The number of H-pyrrole nitrogens is 1. The number of aliphatic hydroxyl groups is 1. The Morgan fingerprint density at radius 1 is 1.14 bits per heavy atom. The first kappa shape index (κ1) is 17.1. The fraction of sp³-hybridized carbons (Fsp3) is 0.318. The number of fused-ring (bicyclic) bond motifs is 3. The van der Waals surface area contributed by atoms with E-state index in [1.165, 1.54) is 11.6 Å². The maximum atomic E-state index is 14.8. The monoisotopic (exact) mass is 394 g/mol. The van der Waals surface area contributed by atoms with E-state index in [4.69, 9.17) is 14.2 Å². The summed E-state index contributed by atoms with van der Waals surface area (Å²) in [6.07, 6.45) is 1.04. The van der Waals surface area contributed by atoms with Gasteiger partial charge in [-0.2, -0.15) is 0 Å². The number of nitrogens with one attached hydrogen (secondary N) is 1. The van der Waals surface area contributed by atoms with Crippen LogP contribution in [0.3, 0.4) is 0 Å². The van der Waals surface area contributed by atoms with Crippen LogP contribution in [-0.4, -0.2) is 52.7 Å². The normalized spacial score (nSPS) is 27.9. The summed E-state index contributed by atoms with van der Waals surface area (Å²) in [6, 6.07) is 11.3. The zero-order valence-corrected chi connectivity index (χ0v) is 15.5. The van der Waals surface area contributed by atoms with E-state index in [0.29, 0.717) is 35.6 Å². The zero-order valence-electron chi connectivity index (χ0n) is 15.5. The van der Waals surface area contributed by atoms with E-state index in [-0.39, 0.29) is 30.7 Å². The summed E-state index contributed by atoms with van der Waals surface area (Å²) in [5.41, 5.74) is 4.73. The van der Waals surface area contributed by atoms with Crippen molar-refractivity contribution in [1.82, 2.24) is 9.97 Å². The zero-order chi connectivity index (χ0) is 19.5. The summed E-state index contributed by atoms with van der Waals surface area (Å²) in [5.74, 6) is 0.114. The first-order valence-electron chi connectivity index (χ1n) is 9.72. The van der Waals surface area contributed by atoms with Crippen molar-refractivity contribution >= 4 is 22.7 Å². The third-order valence-corrected chi connectivity index (χ3v) is 5.86. The van der Waals surface area contributed by atoms with Crippen molar-refractivity contribution in [3.05, 3.63) is 59.0 Å². The van der Waals surface area contributed by atoms with Gasteiger partial charge in [-0.25, -0.2) is 9.37 Å². The van der Waals surface area contributed by atoms with Crippen molar-refractivity contribution in [2.45, 2.75) is 30.8 Å². The molecule has 0 radical (unpaired) electrons. The minimum absolute atomic E-state index is 0.246. The number of hydrogen-bond donors (Lipinski definition) is 2. The second-order valence-corrected chi connectivity index (χ2v) is 7.75. The molecule has 0 unspecified atom stereocenters. The van der Waals surface area contributed by atoms with Crippen LogP contribution in [0.15, 0.2) is 36.4 Å². The lowest BCUT2D eigenvalue weighted by atomic mass is 10.1. The van der Waals surface area contributed by atoms with Crippen molar-refractivity contribution in [3.63, 3.8) is 0 Å². The van der Waals surface area contributed by atoms with Crippen LogP contribution in [0.1, 0.15) is 16.8 Å². The molecule has 2 aromatic heterocycles. The smallest absolute Gasteiger partial charge is 0.193 e. The first-order chi connectivity index (χ1) is 14.2. The number of pyridine rings is 1. The van der Waals surface area contributed by atoms with Gasteiger partial charge in [-0.05, 0) is 22.8 Å². The quantitative estimate of drug-likeness (QED) is 0.714. The number of aliphatic hydroxyl groups excluding tert-OH is 1. The van der Waals surface area contributed by atoms with Gasteiger partial charge in [-0.1, -0.05) is 24.3 Å². The molecule has 0 saturated carbocycles. The molecule has 7 heteroatoms. The molecule has 4 atom stereocenters. The Labute approximate surface area is 165 Å². The molecule has 6 rings (SSSR count). The maximum absolute atomic E-state index is 14.8. The van der Waals surface area contributed by atoms with Crippen molar-refractivity contribution in [3.8, 4) is 5.88 Å². The molecule has 1 aromatic carbocycles. The molecule has 2 fully saturated rings. The molecular weight excluding hydrogens is 375 g/mol. The van der Waals surface area contributed by atoms with E-state index in [0.717, 1.165) is 11.1 Å². The largest absolute Gasteiger partial charge is 0.470 e. The van der Waals surface area contributed by atoms with Gasteiger partial charge in [0.25, 0.3) is 0 Å². The van der Waals surface area contributed by atoms with Gasteiger partial charge in [0, 0.05) is 18.6 Å². The van der Waals surface area contributed by atoms with Crippen LogP contribution < -0.4 is 4.74 Å². The predicted molar refractivity (Wildman–Crippen MR) is 104 cm³/mol. The third-order valence-electron chi connectivity index (χ3n) is 5.86. The molecule has 0 bridgehead atoms. The summed E-state index contributed by atoms with van der Waals surface area (Å²) in [6.45, 7) is 0.579. The maximum Gasteiger partial charge on any atom is 0.193 e. The highest BCUT2D eigenvalue weighted by Crippen LogP contribution is 2.34. The Kier molecular flexibility index (Phi) is 3.77. The van der Waals surface area contributed by atoms with Crippen LogP contribution in [0.5, 0.6) is 5.88 Å². The van der Waals surface area contributed by atoms with Gasteiger partial charge in [0.1, 0.15) is 24.0 Å². The molecule has 1 aliphatic carbocycles. The lowest BCUT2D eigenvalue weighted by molar-refractivity contribution is 0.00794. The van der Waals surface area contributed by atoms with Gasteiger partial charge in [-0.3, -0.25) is 0 Å². The Bertz CT molecular complexity index is 1140. The molecule has 0 spiro atoms. The SMILES string of the molecule is O[C@@H]1CO[C@H]2[C@@H]1OC[C@H]2Oc1cc2nc(C3=Cc4ccccc4C3)c(F)cc2[nH]1. The summed E-state index contributed by atoms with van der Waals surface area (Å²) in [5, 5.41) is 9.86. The van der Waals surface area contributed by atoms with E-state index in [1.807, 2.05) is 24.3 Å². The molecule has 2 saturated heterocycles. The Hall–Kier alpha value is -2.74. The second-order valence-electron chi connectivity index (χ2n) is 7.75. The molecule has 3 aromatic rings. The van der Waals surface area contributed by atoms with Gasteiger partial charge in [0.15, 0.2) is 17.8 Å². The molecule has 148 valence electrons. The molecular formula is C22H19FN2O4. The van der Waals surface area contributed by atoms with Crippen LogP contribution >= 0.6 is 0 Å². The number of rotatable bonds is 3. The first-order valence-corrected chi connectivity index (χ1v) is 9.72. The highest BCUT2D eigenvalue weighted by atomic mass is 19.1. The fourth-order valence-corrected chi connectivity index (χ4v) is 4.43. The minimum Gasteiger partial charge on any atom is -0.470 e. The summed E-state index contributed by atoms with van der Waals surface area (Å²) in [7, 11) is 0. The number of halogens is 1. The molecule has 0 amide bonds. The topological polar surface area (TPSA) is 76.6 Å². The highest BCUT2D eigenvalue weighted by molar-refractivity contribution is 5.89. The summed E-state index contributed by atoms with van der Waals surface area (Å²) in [4.78, 5) is 7.63. The van der Waals surface area contributed by atoms with Crippen molar-refractivity contribution in [2.75, 3.05) is 13.2 Å². The number of benzene rings is 1. The lowest BCUT2D eigenvalue weighted by Crippen LogP contribution is -2.34. The lowest BCUT2D eigenvalue weighted by Gasteiger charge is -2.16.